The molecule has 0 saturated carbocycles. The van der Waals surface area contributed by atoms with Crippen molar-refractivity contribution in [3.8, 4) is 0 Å². The van der Waals surface area contributed by atoms with Crippen molar-refractivity contribution in [2.24, 2.45) is 5.92 Å². The first-order valence-electron chi connectivity index (χ1n) is 9.71. The number of methoxy groups -OCH3 is 1. The van der Waals surface area contributed by atoms with Crippen molar-refractivity contribution in [2.45, 2.75) is 57.4 Å². The molecule has 28 heavy (non-hydrogen) atoms. The van der Waals surface area contributed by atoms with Crippen LogP contribution in [0.2, 0.25) is 0 Å². The van der Waals surface area contributed by atoms with Gasteiger partial charge < -0.3 is 10.1 Å². The zero-order valence-corrected chi connectivity index (χ0v) is 17.8. The van der Waals surface area contributed by atoms with Crippen molar-refractivity contribution in [1.29, 1.82) is 0 Å². The van der Waals surface area contributed by atoms with Crippen molar-refractivity contribution >= 4 is 21.9 Å². The van der Waals surface area contributed by atoms with Crippen LogP contribution in [-0.4, -0.2) is 50.8 Å². The van der Waals surface area contributed by atoms with E-state index in [1.807, 2.05) is 13.8 Å². The van der Waals surface area contributed by atoms with E-state index in [1.165, 1.54) is 17.5 Å². The van der Waals surface area contributed by atoms with Crippen LogP contribution < -0.4 is 5.32 Å². The average molecular weight is 411 g/mol. The zero-order chi connectivity index (χ0) is 20.9. The molecule has 1 heterocycles. The van der Waals surface area contributed by atoms with E-state index < -0.39 is 27.9 Å². The van der Waals surface area contributed by atoms with Crippen LogP contribution >= 0.6 is 0 Å². The van der Waals surface area contributed by atoms with Crippen LogP contribution in [-0.2, 0) is 19.6 Å². The van der Waals surface area contributed by atoms with Gasteiger partial charge in [-0.15, -0.1) is 0 Å². The van der Waals surface area contributed by atoms with Crippen LogP contribution in [0, 0.1) is 12.8 Å². The number of sulfonamides is 1. The first-order chi connectivity index (χ1) is 13.2. The third-order valence-corrected chi connectivity index (χ3v) is 7.38. The molecule has 0 aromatic heterocycles. The third kappa shape index (κ3) is 4.91. The number of aryl methyl sites for hydroxylation is 1. The summed E-state index contributed by atoms with van der Waals surface area (Å²) in [7, 11) is -2.38. The Hall–Kier alpha value is -1.93. The van der Waals surface area contributed by atoms with Gasteiger partial charge in [-0.05, 0) is 43.4 Å². The van der Waals surface area contributed by atoms with E-state index in [1.54, 1.807) is 19.1 Å². The van der Waals surface area contributed by atoms with Gasteiger partial charge in [-0.25, -0.2) is 13.2 Å². The Morgan fingerprint density at radius 3 is 2.43 bits per heavy atom. The van der Waals surface area contributed by atoms with Gasteiger partial charge in [0, 0.05) is 18.7 Å². The number of amides is 1. The van der Waals surface area contributed by atoms with Crippen LogP contribution in [0.4, 0.5) is 0 Å². The van der Waals surface area contributed by atoms with Crippen LogP contribution in [0.5, 0.6) is 0 Å². The molecule has 8 heteroatoms. The maximum absolute atomic E-state index is 13.0. The van der Waals surface area contributed by atoms with Crippen molar-refractivity contribution < 1.29 is 22.7 Å². The van der Waals surface area contributed by atoms with Crippen LogP contribution in [0.25, 0.3) is 0 Å². The van der Waals surface area contributed by atoms with E-state index in [2.05, 4.69) is 5.32 Å². The van der Waals surface area contributed by atoms with Gasteiger partial charge in [0.05, 0.1) is 12.0 Å². The number of hydrogen-bond acceptors (Lipinski definition) is 5. The molecule has 1 fully saturated rings. The highest BCUT2D eigenvalue weighted by atomic mass is 32.2. The van der Waals surface area contributed by atoms with Gasteiger partial charge in [-0.1, -0.05) is 32.8 Å². The lowest BCUT2D eigenvalue weighted by Gasteiger charge is -2.27. The highest BCUT2D eigenvalue weighted by Gasteiger charge is 2.30. The summed E-state index contributed by atoms with van der Waals surface area (Å²) in [5.74, 6) is -1.12. The maximum Gasteiger partial charge on any atom is 0.328 e. The molecule has 156 valence electrons. The highest BCUT2D eigenvalue weighted by molar-refractivity contribution is 7.89. The van der Waals surface area contributed by atoms with E-state index in [4.69, 9.17) is 4.74 Å². The van der Waals surface area contributed by atoms with Gasteiger partial charge in [-0.2, -0.15) is 4.31 Å². The van der Waals surface area contributed by atoms with Crippen molar-refractivity contribution in [3.63, 3.8) is 0 Å². The fourth-order valence-electron chi connectivity index (χ4n) is 3.28. The van der Waals surface area contributed by atoms with Crippen molar-refractivity contribution in [3.05, 3.63) is 29.3 Å². The first kappa shape index (κ1) is 22.4. The second-order valence-electron chi connectivity index (χ2n) is 7.30. The molecule has 1 N–H and O–H groups in total. The van der Waals surface area contributed by atoms with Gasteiger partial charge in [0.15, 0.2) is 0 Å². The SMILES string of the molecule is CC[C@H](C)[C@H](NC(=O)c1ccc(C)c(S(=O)(=O)N2CCCCC2)c1)C(=O)OC. The monoisotopic (exact) mass is 410 g/mol. The molecule has 2 rings (SSSR count). The first-order valence-corrected chi connectivity index (χ1v) is 11.2. The Bertz CT molecular complexity index is 816. The van der Waals surface area contributed by atoms with E-state index in [-0.39, 0.29) is 16.4 Å². The summed E-state index contributed by atoms with van der Waals surface area (Å²) >= 11 is 0. The molecule has 1 aromatic rings. The number of carbonyl (C=O) groups is 2. The second kappa shape index (κ2) is 9.52. The number of ether oxygens (including phenoxy) is 1. The smallest absolute Gasteiger partial charge is 0.328 e. The molecule has 1 saturated heterocycles. The summed E-state index contributed by atoms with van der Waals surface area (Å²) in [4.78, 5) is 24.9. The molecule has 1 aliphatic heterocycles. The summed E-state index contributed by atoms with van der Waals surface area (Å²) in [5, 5.41) is 2.69. The molecule has 0 bridgehead atoms. The normalized spacial score (nSPS) is 17.6. The zero-order valence-electron chi connectivity index (χ0n) is 17.0. The van der Waals surface area contributed by atoms with Gasteiger partial charge in [-0.3, -0.25) is 4.79 Å². The minimum absolute atomic E-state index is 0.113. The topological polar surface area (TPSA) is 92.8 Å². The quantitative estimate of drug-likeness (QED) is 0.697. The van der Waals surface area contributed by atoms with Gasteiger partial charge in [0.25, 0.3) is 5.91 Å². The molecule has 1 amide bonds. The van der Waals surface area contributed by atoms with E-state index in [0.29, 0.717) is 25.1 Å². The molecule has 0 unspecified atom stereocenters. The van der Waals surface area contributed by atoms with Crippen molar-refractivity contribution in [1.82, 2.24) is 9.62 Å². The highest BCUT2D eigenvalue weighted by Crippen LogP contribution is 2.24. The van der Waals surface area contributed by atoms with Crippen LogP contribution in [0.15, 0.2) is 23.1 Å². The summed E-state index contributed by atoms with van der Waals surface area (Å²) in [6.07, 6.45) is 3.39. The fraction of sp³-hybridized carbons (Fsp3) is 0.600. The third-order valence-electron chi connectivity index (χ3n) is 5.34. The predicted octanol–water partition coefficient (Wildman–Crippen LogP) is 2.49. The fourth-order valence-corrected chi connectivity index (χ4v) is 5.05. The maximum atomic E-state index is 13.0. The Kier molecular flexibility index (Phi) is 7.60. The second-order valence-corrected chi connectivity index (χ2v) is 9.21. The number of rotatable bonds is 7. The van der Waals surface area contributed by atoms with Crippen LogP contribution in [0.3, 0.4) is 0 Å². The number of piperidine rings is 1. The van der Waals surface area contributed by atoms with E-state index in [9.17, 15) is 18.0 Å². The summed E-state index contributed by atoms with van der Waals surface area (Å²) < 4.78 is 32.3. The molecule has 2 atom stereocenters. The van der Waals surface area contributed by atoms with E-state index in [0.717, 1.165) is 19.3 Å². The van der Waals surface area contributed by atoms with Crippen LogP contribution in [0.1, 0.15) is 55.5 Å². The number of hydrogen-bond donors (Lipinski definition) is 1. The van der Waals surface area contributed by atoms with Gasteiger partial charge in [0.2, 0.25) is 10.0 Å². The number of benzene rings is 1. The number of carbonyl (C=O) groups excluding carboxylic acids is 2. The predicted molar refractivity (Wildman–Crippen MR) is 107 cm³/mol. The molecule has 1 aliphatic rings. The Morgan fingerprint density at radius 1 is 1.21 bits per heavy atom. The summed E-state index contributed by atoms with van der Waals surface area (Å²) in [6.45, 7) is 6.48. The summed E-state index contributed by atoms with van der Waals surface area (Å²) in [6, 6.07) is 3.82. The standard InChI is InChI=1S/C20H30N2O5S/c1-5-14(2)18(20(24)27-4)21-19(23)16-10-9-15(3)17(13-16)28(25,26)22-11-7-6-8-12-22/h9-10,13-14,18H,5-8,11-12H2,1-4H3,(H,21,23)/t14-,18-/m0/s1. The number of nitrogens with one attached hydrogen (secondary N) is 1. The lowest BCUT2D eigenvalue weighted by Crippen LogP contribution is -2.45. The Labute approximate surface area is 167 Å². The molecule has 0 aliphatic carbocycles. The van der Waals surface area contributed by atoms with Gasteiger partial charge in [0.1, 0.15) is 6.04 Å². The van der Waals surface area contributed by atoms with E-state index >= 15 is 0 Å². The lowest BCUT2D eigenvalue weighted by atomic mass is 9.98. The minimum atomic E-state index is -3.66. The largest absolute Gasteiger partial charge is 0.467 e. The molecule has 0 radical (unpaired) electrons. The number of nitrogens with zero attached hydrogens (tertiary/aromatic N) is 1. The summed E-state index contributed by atoms with van der Waals surface area (Å²) in [5.41, 5.74) is 0.798. The molecular formula is C20H30N2O5S. The molecule has 7 nitrogen and oxygen atoms in total. The Balaban J connectivity index is 2.30. The molecular weight excluding hydrogens is 380 g/mol. The lowest BCUT2D eigenvalue weighted by molar-refractivity contribution is -0.144. The van der Waals surface area contributed by atoms with Crippen molar-refractivity contribution in [2.75, 3.05) is 20.2 Å². The minimum Gasteiger partial charge on any atom is -0.467 e. The average Bonchev–Trinajstić information content (AvgIpc) is 2.71. The molecule has 0 spiro atoms. The van der Waals surface area contributed by atoms with Gasteiger partial charge >= 0.3 is 5.97 Å². The number of esters is 1. The Morgan fingerprint density at radius 2 is 1.86 bits per heavy atom. The molecule has 1 aromatic carbocycles.